The minimum Gasteiger partial charge on any atom is -0.388 e. The predicted molar refractivity (Wildman–Crippen MR) is 113 cm³/mol. The van der Waals surface area contributed by atoms with Crippen LogP contribution in [0.25, 0.3) is 0 Å². The molecule has 1 saturated carbocycles. The van der Waals surface area contributed by atoms with Crippen LogP contribution in [0.4, 0.5) is 0 Å². The van der Waals surface area contributed by atoms with E-state index in [1.807, 2.05) is 7.05 Å². The third-order valence-corrected chi connectivity index (χ3v) is 7.26. The Morgan fingerprint density at radius 2 is 1.97 bits per heavy atom. The molecule has 3 unspecified atom stereocenters. The fourth-order valence-electron chi connectivity index (χ4n) is 4.54. The van der Waals surface area contributed by atoms with Crippen LogP contribution in [0.1, 0.15) is 39.0 Å². The second-order valence-electron chi connectivity index (χ2n) is 8.82. The molecule has 8 nitrogen and oxygen atoms in total. The van der Waals surface area contributed by atoms with Gasteiger partial charge in [-0.15, -0.1) is 11.8 Å². The number of nitrogens with zero attached hydrogens (tertiary/aromatic N) is 1. The number of carbonyl (C=O) groups is 1. The molecule has 0 bridgehead atoms. The molecule has 2 saturated heterocycles. The monoisotopic (exact) mass is 431 g/mol. The van der Waals surface area contributed by atoms with Crippen molar-refractivity contribution in [2.75, 3.05) is 26.4 Å². The van der Waals surface area contributed by atoms with E-state index >= 15 is 0 Å². The third kappa shape index (κ3) is 5.64. The summed E-state index contributed by atoms with van der Waals surface area (Å²) in [4.78, 5) is 15.2. The Balaban J connectivity index is 1.68. The highest BCUT2D eigenvalue weighted by Gasteiger charge is 2.47. The molecule has 0 spiro atoms. The molecule has 5 N–H and O–H groups in total. The number of rotatable bonds is 9. The summed E-state index contributed by atoms with van der Waals surface area (Å²) in [7, 11) is 1.98. The van der Waals surface area contributed by atoms with E-state index in [-0.39, 0.29) is 11.9 Å². The summed E-state index contributed by atoms with van der Waals surface area (Å²) in [6.45, 7) is 3.53. The first-order valence-corrected chi connectivity index (χ1v) is 12.1. The lowest BCUT2D eigenvalue weighted by Crippen LogP contribution is -2.65. The molecule has 3 aliphatic rings. The molecule has 168 valence electrons. The number of likely N-dealkylation sites (tertiary alicyclic amines) is 1. The van der Waals surface area contributed by atoms with Crippen molar-refractivity contribution in [2.45, 2.75) is 87.0 Å². The quantitative estimate of drug-likeness (QED) is 0.332. The molecular formula is C20H37N3O5S. The van der Waals surface area contributed by atoms with Gasteiger partial charge in [0.25, 0.3) is 0 Å². The Morgan fingerprint density at radius 3 is 2.59 bits per heavy atom. The second-order valence-corrected chi connectivity index (χ2v) is 9.76. The lowest BCUT2D eigenvalue weighted by Gasteiger charge is -2.43. The van der Waals surface area contributed by atoms with Gasteiger partial charge in [-0.25, -0.2) is 0 Å². The molecule has 3 fully saturated rings. The van der Waals surface area contributed by atoms with E-state index in [1.165, 1.54) is 11.8 Å². The maximum absolute atomic E-state index is 13.1. The molecular weight excluding hydrogens is 394 g/mol. The summed E-state index contributed by atoms with van der Waals surface area (Å²) in [6, 6.07) is -0.249. The lowest BCUT2D eigenvalue weighted by atomic mass is 9.94. The molecule has 8 atom stereocenters. The van der Waals surface area contributed by atoms with E-state index in [0.29, 0.717) is 18.5 Å². The minimum absolute atomic E-state index is 0.0641. The Bertz CT molecular complexity index is 550. The maximum Gasteiger partial charge on any atom is 0.237 e. The Hall–Kier alpha value is -0.420. The van der Waals surface area contributed by atoms with Crippen molar-refractivity contribution in [3.8, 4) is 0 Å². The molecule has 3 rings (SSSR count). The Labute approximate surface area is 177 Å². The summed E-state index contributed by atoms with van der Waals surface area (Å²) >= 11 is 1.28. The van der Waals surface area contributed by atoms with Crippen molar-refractivity contribution in [3.05, 3.63) is 0 Å². The van der Waals surface area contributed by atoms with Gasteiger partial charge in [0.05, 0.1) is 12.1 Å². The lowest BCUT2D eigenvalue weighted by molar-refractivity contribution is -0.205. The number of thioether (sulfide) groups is 1. The molecule has 0 aromatic rings. The zero-order valence-corrected chi connectivity index (χ0v) is 18.5. The van der Waals surface area contributed by atoms with Gasteiger partial charge < -0.3 is 30.7 Å². The number of hydrogen-bond acceptors (Lipinski definition) is 8. The molecule has 9 heteroatoms. The normalized spacial score (nSPS) is 39.4. The first-order chi connectivity index (χ1) is 13.8. The van der Waals surface area contributed by atoms with Crippen LogP contribution in [0, 0.1) is 5.92 Å². The van der Waals surface area contributed by atoms with Crippen LogP contribution >= 0.6 is 11.8 Å². The van der Waals surface area contributed by atoms with Crippen LogP contribution in [0.5, 0.6) is 0 Å². The van der Waals surface area contributed by atoms with Crippen molar-refractivity contribution in [3.63, 3.8) is 0 Å². The Morgan fingerprint density at radius 1 is 1.24 bits per heavy atom. The van der Waals surface area contributed by atoms with E-state index in [2.05, 4.69) is 22.5 Å². The summed E-state index contributed by atoms with van der Waals surface area (Å²) in [6.07, 6.45) is 2.52. The van der Waals surface area contributed by atoms with Crippen LogP contribution in [0.15, 0.2) is 0 Å². The van der Waals surface area contributed by atoms with Gasteiger partial charge in [0.2, 0.25) is 5.91 Å². The van der Waals surface area contributed by atoms with Crippen molar-refractivity contribution in [1.29, 1.82) is 0 Å². The number of carbonyl (C=O) groups excluding carboxylic acids is 1. The standard InChI is InChI=1S/C20H37N3O5S/c1-4-5-11-8-14(23(2)10-11)19(27)22-13(9-21-12-6-7-12)18-16(25)15(24)17(26)20(28-18)29-3/h11-18,20-21,24-26H,4-10H2,1-3H3,(H,22,27)/t11-,13+,14+,15?,16?,17-,18-,20?/m1/s1. The third-order valence-electron chi connectivity index (χ3n) is 6.40. The molecule has 0 aromatic heterocycles. The van der Waals surface area contributed by atoms with Crippen molar-refractivity contribution in [1.82, 2.24) is 15.5 Å². The first-order valence-electron chi connectivity index (χ1n) is 10.8. The van der Waals surface area contributed by atoms with E-state index in [9.17, 15) is 20.1 Å². The number of amides is 1. The number of likely N-dealkylation sites (N-methyl/N-ethyl adjacent to an activating group) is 1. The number of hydrogen-bond donors (Lipinski definition) is 5. The largest absolute Gasteiger partial charge is 0.388 e. The summed E-state index contributed by atoms with van der Waals surface area (Å²) in [5.74, 6) is 0.462. The van der Waals surface area contributed by atoms with E-state index in [1.54, 1.807) is 6.26 Å². The van der Waals surface area contributed by atoms with Crippen molar-refractivity contribution < 1.29 is 24.9 Å². The van der Waals surface area contributed by atoms with Crippen LogP contribution in [-0.2, 0) is 9.53 Å². The zero-order chi connectivity index (χ0) is 21.1. The van der Waals surface area contributed by atoms with Gasteiger partial charge in [-0.1, -0.05) is 13.3 Å². The van der Waals surface area contributed by atoms with Gasteiger partial charge in [-0.2, -0.15) is 0 Å². The molecule has 2 aliphatic heterocycles. The van der Waals surface area contributed by atoms with Crippen molar-refractivity contribution in [2.24, 2.45) is 5.92 Å². The SMILES string of the molecule is CCC[C@@H]1C[C@@H](C(=O)N[C@@H](CNC2CC2)[C@H]2OC(SC)[C@H](O)C(O)C2O)N(C)C1. The molecule has 1 amide bonds. The number of aliphatic hydroxyl groups is 3. The van der Waals surface area contributed by atoms with E-state index < -0.39 is 35.9 Å². The predicted octanol–water partition coefficient (Wildman–Crippen LogP) is -0.486. The molecule has 29 heavy (non-hydrogen) atoms. The van der Waals surface area contributed by atoms with E-state index in [4.69, 9.17) is 4.74 Å². The number of aliphatic hydroxyl groups excluding tert-OH is 3. The molecule has 0 radical (unpaired) electrons. The molecule has 0 aromatic carbocycles. The number of nitrogens with one attached hydrogen (secondary N) is 2. The second kappa shape index (κ2) is 10.3. The summed E-state index contributed by atoms with van der Waals surface area (Å²) in [5, 5.41) is 37.5. The van der Waals surface area contributed by atoms with Gasteiger partial charge in [-0.3, -0.25) is 9.69 Å². The molecule has 2 heterocycles. The highest BCUT2D eigenvalue weighted by molar-refractivity contribution is 7.99. The van der Waals surface area contributed by atoms with Gasteiger partial charge in [-0.05, 0) is 44.9 Å². The fraction of sp³-hybridized carbons (Fsp3) is 0.950. The number of ether oxygens (including phenoxy) is 1. The minimum atomic E-state index is -1.31. The first kappa shape index (κ1) is 23.2. The van der Waals surface area contributed by atoms with Crippen LogP contribution in [-0.4, -0.2) is 100 Å². The topological polar surface area (TPSA) is 114 Å². The highest BCUT2D eigenvalue weighted by Crippen LogP contribution is 2.30. The smallest absolute Gasteiger partial charge is 0.237 e. The fourth-order valence-corrected chi connectivity index (χ4v) is 5.22. The zero-order valence-electron chi connectivity index (χ0n) is 17.7. The van der Waals surface area contributed by atoms with Gasteiger partial charge in [0.15, 0.2) is 0 Å². The van der Waals surface area contributed by atoms with Gasteiger partial charge in [0, 0.05) is 19.1 Å². The maximum atomic E-state index is 13.1. The summed E-state index contributed by atoms with van der Waals surface area (Å²) < 4.78 is 5.93. The average Bonchev–Trinajstić information content (AvgIpc) is 3.45. The van der Waals surface area contributed by atoms with Crippen LogP contribution < -0.4 is 10.6 Å². The average molecular weight is 432 g/mol. The van der Waals surface area contributed by atoms with Crippen LogP contribution in [0.2, 0.25) is 0 Å². The van der Waals surface area contributed by atoms with Crippen molar-refractivity contribution >= 4 is 17.7 Å². The van der Waals surface area contributed by atoms with Gasteiger partial charge >= 0.3 is 0 Å². The van der Waals surface area contributed by atoms with Gasteiger partial charge in [0.1, 0.15) is 29.9 Å². The van der Waals surface area contributed by atoms with E-state index in [0.717, 1.165) is 38.6 Å². The highest BCUT2D eigenvalue weighted by atomic mass is 32.2. The summed E-state index contributed by atoms with van der Waals surface area (Å²) in [5.41, 5.74) is -0.651. The van der Waals surface area contributed by atoms with Crippen LogP contribution in [0.3, 0.4) is 0 Å². The molecule has 1 aliphatic carbocycles. The Kier molecular flexibility index (Phi) is 8.22.